The predicted octanol–water partition coefficient (Wildman–Crippen LogP) is 2.06. The predicted molar refractivity (Wildman–Crippen MR) is 78.5 cm³/mol. The summed E-state index contributed by atoms with van der Waals surface area (Å²) in [6.07, 6.45) is 7.41. The van der Waals surface area contributed by atoms with E-state index < -0.39 is 0 Å². The highest BCUT2D eigenvalue weighted by molar-refractivity contribution is 5.76. The summed E-state index contributed by atoms with van der Waals surface area (Å²) in [6, 6.07) is 4.07. The van der Waals surface area contributed by atoms with Crippen LogP contribution >= 0.6 is 0 Å². The van der Waals surface area contributed by atoms with Crippen LogP contribution in [-0.4, -0.2) is 37.3 Å². The zero-order valence-corrected chi connectivity index (χ0v) is 12.3. The van der Waals surface area contributed by atoms with Crippen LogP contribution in [0.3, 0.4) is 0 Å². The van der Waals surface area contributed by atoms with Gasteiger partial charge in [-0.3, -0.25) is 14.6 Å². The SMILES string of the molecule is Cc1ccn(CCC(=O)N2CCCC[C@H]2c2ccn[nH]2)n1. The van der Waals surface area contributed by atoms with E-state index in [-0.39, 0.29) is 11.9 Å². The van der Waals surface area contributed by atoms with Gasteiger partial charge in [-0.25, -0.2) is 0 Å². The number of piperidine rings is 1. The van der Waals surface area contributed by atoms with Crippen molar-refractivity contribution in [2.75, 3.05) is 6.54 Å². The number of nitrogens with zero attached hydrogens (tertiary/aromatic N) is 4. The maximum atomic E-state index is 12.5. The largest absolute Gasteiger partial charge is 0.334 e. The monoisotopic (exact) mass is 287 g/mol. The van der Waals surface area contributed by atoms with E-state index in [2.05, 4.69) is 15.3 Å². The molecule has 0 radical (unpaired) electrons. The number of carbonyl (C=O) groups is 1. The first-order valence-electron chi connectivity index (χ1n) is 7.53. The average molecular weight is 287 g/mol. The maximum Gasteiger partial charge on any atom is 0.224 e. The van der Waals surface area contributed by atoms with Gasteiger partial charge < -0.3 is 4.90 Å². The Bertz CT molecular complexity index is 589. The molecule has 1 N–H and O–H groups in total. The fraction of sp³-hybridized carbons (Fsp3) is 0.533. The molecule has 0 bridgehead atoms. The molecule has 3 rings (SSSR count). The first-order valence-corrected chi connectivity index (χ1v) is 7.53. The van der Waals surface area contributed by atoms with Crippen molar-refractivity contribution in [1.82, 2.24) is 24.9 Å². The molecule has 6 heteroatoms. The molecule has 1 aliphatic rings. The van der Waals surface area contributed by atoms with Crippen LogP contribution < -0.4 is 0 Å². The standard InChI is InChI=1S/C15H21N5O/c1-12-6-10-19(18-12)11-7-15(21)20-9-3-2-4-14(20)13-5-8-16-17-13/h5-6,8,10,14H,2-4,7,9,11H2,1H3,(H,16,17)/t14-/m0/s1. The first-order chi connectivity index (χ1) is 10.2. The number of hydrogen-bond acceptors (Lipinski definition) is 3. The number of likely N-dealkylation sites (tertiary alicyclic amines) is 1. The highest BCUT2D eigenvalue weighted by atomic mass is 16.2. The Morgan fingerprint density at radius 2 is 2.33 bits per heavy atom. The van der Waals surface area contributed by atoms with Gasteiger partial charge in [0.2, 0.25) is 5.91 Å². The number of H-pyrrole nitrogens is 1. The van der Waals surface area contributed by atoms with Crippen molar-refractivity contribution >= 4 is 5.91 Å². The molecule has 1 aliphatic heterocycles. The highest BCUT2D eigenvalue weighted by Gasteiger charge is 2.28. The lowest BCUT2D eigenvalue weighted by atomic mass is 9.99. The molecule has 1 saturated heterocycles. The van der Waals surface area contributed by atoms with Gasteiger partial charge in [0.25, 0.3) is 0 Å². The topological polar surface area (TPSA) is 66.8 Å². The number of aryl methyl sites for hydroxylation is 2. The van der Waals surface area contributed by atoms with Gasteiger partial charge >= 0.3 is 0 Å². The summed E-state index contributed by atoms with van der Waals surface area (Å²) >= 11 is 0. The van der Waals surface area contributed by atoms with E-state index in [1.165, 1.54) is 0 Å². The van der Waals surface area contributed by atoms with Crippen LogP contribution in [0.15, 0.2) is 24.5 Å². The summed E-state index contributed by atoms with van der Waals surface area (Å²) < 4.78 is 1.84. The van der Waals surface area contributed by atoms with Gasteiger partial charge in [-0.1, -0.05) is 0 Å². The Labute approximate surface area is 124 Å². The van der Waals surface area contributed by atoms with E-state index in [1.54, 1.807) is 6.20 Å². The summed E-state index contributed by atoms with van der Waals surface area (Å²) in [4.78, 5) is 14.5. The minimum atomic E-state index is 0.146. The molecule has 112 valence electrons. The smallest absolute Gasteiger partial charge is 0.224 e. The zero-order chi connectivity index (χ0) is 14.7. The number of hydrogen-bond donors (Lipinski definition) is 1. The molecular formula is C15H21N5O. The van der Waals surface area contributed by atoms with E-state index in [4.69, 9.17) is 0 Å². The van der Waals surface area contributed by atoms with E-state index >= 15 is 0 Å². The van der Waals surface area contributed by atoms with Crippen LogP contribution in [-0.2, 0) is 11.3 Å². The Kier molecular flexibility index (Phi) is 4.03. The summed E-state index contributed by atoms with van der Waals surface area (Å²) in [5.74, 6) is 0.197. The van der Waals surface area contributed by atoms with Crippen molar-refractivity contribution in [2.45, 2.75) is 45.2 Å². The Balaban J connectivity index is 1.64. The second-order valence-electron chi connectivity index (χ2n) is 5.58. The van der Waals surface area contributed by atoms with Crippen molar-refractivity contribution in [3.8, 4) is 0 Å². The molecular weight excluding hydrogens is 266 g/mol. The number of aromatic amines is 1. The lowest BCUT2D eigenvalue weighted by molar-refractivity contribution is -0.135. The molecule has 1 atom stereocenters. The Morgan fingerprint density at radius 1 is 1.43 bits per heavy atom. The minimum Gasteiger partial charge on any atom is -0.334 e. The summed E-state index contributed by atoms with van der Waals surface area (Å²) in [5, 5.41) is 11.3. The van der Waals surface area contributed by atoms with Crippen LogP contribution in [0, 0.1) is 6.92 Å². The number of aromatic nitrogens is 4. The third-order valence-electron chi connectivity index (χ3n) is 4.03. The molecule has 2 aromatic heterocycles. The molecule has 0 saturated carbocycles. The van der Waals surface area contributed by atoms with Crippen LogP contribution in [0.1, 0.15) is 43.1 Å². The van der Waals surface area contributed by atoms with Crippen molar-refractivity contribution in [1.29, 1.82) is 0 Å². The molecule has 0 aromatic carbocycles. The third kappa shape index (κ3) is 3.15. The van der Waals surface area contributed by atoms with Crippen molar-refractivity contribution < 1.29 is 4.79 Å². The zero-order valence-electron chi connectivity index (χ0n) is 12.3. The van der Waals surface area contributed by atoms with Gasteiger partial charge in [0.1, 0.15) is 0 Å². The van der Waals surface area contributed by atoms with Crippen LogP contribution in [0.4, 0.5) is 0 Å². The van der Waals surface area contributed by atoms with Crippen LogP contribution in [0.5, 0.6) is 0 Å². The second kappa shape index (κ2) is 6.11. The Morgan fingerprint density at radius 3 is 3.05 bits per heavy atom. The number of carbonyl (C=O) groups excluding carboxylic acids is 1. The summed E-state index contributed by atoms with van der Waals surface area (Å²) in [7, 11) is 0. The molecule has 0 aliphatic carbocycles. The molecule has 0 spiro atoms. The average Bonchev–Trinajstić information content (AvgIpc) is 3.16. The molecule has 1 amide bonds. The van der Waals surface area contributed by atoms with Gasteiger partial charge in [0, 0.05) is 31.9 Å². The Hall–Kier alpha value is -2.11. The highest BCUT2D eigenvalue weighted by Crippen LogP contribution is 2.30. The van der Waals surface area contributed by atoms with Gasteiger partial charge in [-0.05, 0) is 38.3 Å². The van der Waals surface area contributed by atoms with Crippen molar-refractivity contribution in [2.24, 2.45) is 0 Å². The molecule has 21 heavy (non-hydrogen) atoms. The van der Waals surface area contributed by atoms with Gasteiger partial charge in [0.15, 0.2) is 0 Å². The summed E-state index contributed by atoms with van der Waals surface area (Å²) in [5.41, 5.74) is 2.02. The number of rotatable bonds is 4. The quantitative estimate of drug-likeness (QED) is 0.936. The van der Waals surface area contributed by atoms with E-state index in [0.717, 1.165) is 37.2 Å². The van der Waals surface area contributed by atoms with Gasteiger partial charge in [-0.2, -0.15) is 10.2 Å². The lowest BCUT2D eigenvalue weighted by Gasteiger charge is -2.35. The van der Waals surface area contributed by atoms with Crippen LogP contribution in [0.2, 0.25) is 0 Å². The first kappa shape index (κ1) is 13.9. The molecule has 3 heterocycles. The molecule has 6 nitrogen and oxygen atoms in total. The lowest BCUT2D eigenvalue weighted by Crippen LogP contribution is -2.39. The van der Waals surface area contributed by atoms with E-state index in [1.807, 2.05) is 34.8 Å². The number of nitrogens with one attached hydrogen (secondary N) is 1. The normalized spacial score (nSPS) is 18.9. The van der Waals surface area contributed by atoms with Gasteiger partial charge in [-0.15, -0.1) is 0 Å². The van der Waals surface area contributed by atoms with E-state index in [9.17, 15) is 4.79 Å². The molecule has 1 fully saturated rings. The van der Waals surface area contributed by atoms with Crippen LogP contribution in [0.25, 0.3) is 0 Å². The minimum absolute atomic E-state index is 0.146. The molecule has 2 aromatic rings. The number of amides is 1. The molecule has 0 unspecified atom stereocenters. The van der Waals surface area contributed by atoms with Crippen molar-refractivity contribution in [3.63, 3.8) is 0 Å². The van der Waals surface area contributed by atoms with E-state index in [0.29, 0.717) is 13.0 Å². The maximum absolute atomic E-state index is 12.5. The second-order valence-corrected chi connectivity index (χ2v) is 5.58. The van der Waals surface area contributed by atoms with Gasteiger partial charge in [0.05, 0.1) is 17.4 Å². The summed E-state index contributed by atoms with van der Waals surface area (Å²) in [6.45, 7) is 3.43. The third-order valence-corrected chi connectivity index (χ3v) is 4.03. The van der Waals surface area contributed by atoms with Crippen molar-refractivity contribution in [3.05, 3.63) is 35.9 Å². The fourth-order valence-corrected chi connectivity index (χ4v) is 2.95. The fourth-order valence-electron chi connectivity index (χ4n) is 2.95.